The normalized spacial score (nSPS) is 10.8. The van der Waals surface area contributed by atoms with Crippen LogP contribution in [0.2, 0.25) is 5.02 Å². The van der Waals surface area contributed by atoms with Gasteiger partial charge in [-0.25, -0.2) is 9.07 Å². The lowest BCUT2D eigenvalue weighted by atomic mass is 10.2. The molecule has 1 heterocycles. The highest BCUT2D eigenvalue weighted by Gasteiger charge is 2.14. The van der Waals surface area contributed by atoms with Crippen molar-refractivity contribution >= 4 is 39.7 Å². The van der Waals surface area contributed by atoms with Crippen LogP contribution in [0.4, 0.5) is 4.39 Å². The summed E-state index contributed by atoms with van der Waals surface area (Å²) in [5.41, 5.74) is 4.91. The quantitative estimate of drug-likeness (QED) is 0.354. The summed E-state index contributed by atoms with van der Waals surface area (Å²) in [5, 5.41) is 7.36. The summed E-state index contributed by atoms with van der Waals surface area (Å²) in [6.07, 6.45) is 1.77. The second-order valence-corrected chi connectivity index (χ2v) is 8.15. The van der Waals surface area contributed by atoms with Gasteiger partial charge in [-0.1, -0.05) is 24.6 Å². The van der Waals surface area contributed by atoms with E-state index in [-0.39, 0.29) is 12.4 Å². The molecule has 0 amide bonds. The number of hydrogen-bond donors (Lipinski definition) is 2. The Hall–Kier alpha value is -2.10. The van der Waals surface area contributed by atoms with E-state index >= 15 is 0 Å². The number of rotatable bonds is 9. The Morgan fingerprint density at radius 2 is 2.13 bits per heavy atom. The molecule has 0 fully saturated rings. The van der Waals surface area contributed by atoms with Crippen LogP contribution in [0.15, 0.2) is 34.8 Å². The standard InChI is InChI=1S/C20H21BrClFN4O2S/c1-3-4-18-25-26-20(30)27(18)24-10-12-7-15(21)19(17(8-12)28-2)29-11-13-5-6-14(23)9-16(13)22/h5-9,24H,3-4,10-11H2,1-2H3,(H,26,30). The fraction of sp³-hybridized carbons (Fsp3) is 0.300. The number of methoxy groups -OCH3 is 1. The molecular weight excluding hydrogens is 495 g/mol. The molecule has 0 aliphatic heterocycles. The van der Waals surface area contributed by atoms with Gasteiger partial charge in [-0.3, -0.25) is 5.10 Å². The van der Waals surface area contributed by atoms with Gasteiger partial charge in [0.2, 0.25) is 4.77 Å². The molecule has 160 valence electrons. The lowest BCUT2D eigenvalue weighted by Crippen LogP contribution is -2.17. The Balaban J connectivity index is 1.75. The molecule has 2 N–H and O–H groups in total. The third-order valence-corrected chi connectivity index (χ3v) is 5.55. The van der Waals surface area contributed by atoms with Crippen molar-refractivity contribution in [2.45, 2.75) is 32.9 Å². The molecule has 6 nitrogen and oxygen atoms in total. The van der Waals surface area contributed by atoms with Gasteiger partial charge in [-0.05, 0) is 64.4 Å². The highest BCUT2D eigenvalue weighted by Crippen LogP contribution is 2.37. The van der Waals surface area contributed by atoms with Crippen molar-refractivity contribution in [2.75, 3.05) is 12.5 Å². The number of hydrogen-bond acceptors (Lipinski definition) is 5. The molecule has 0 unspecified atom stereocenters. The van der Waals surface area contributed by atoms with E-state index in [2.05, 4.69) is 38.5 Å². The second-order valence-electron chi connectivity index (χ2n) is 6.50. The summed E-state index contributed by atoms with van der Waals surface area (Å²) in [4.78, 5) is 0. The minimum atomic E-state index is -0.390. The third-order valence-electron chi connectivity index (χ3n) is 4.33. The van der Waals surface area contributed by atoms with Crippen molar-refractivity contribution in [3.05, 3.63) is 67.4 Å². The minimum absolute atomic E-state index is 0.177. The van der Waals surface area contributed by atoms with Crippen molar-refractivity contribution in [1.82, 2.24) is 14.9 Å². The molecular formula is C20H21BrClFN4O2S. The SMILES string of the molecule is CCCc1n[nH]c(=S)n1NCc1cc(Br)c(OCc2ccc(F)cc2Cl)c(OC)c1. The number of halogens is 3. The smallest absolute Gasteiger partial charge is 0.214 e. The van der Waals surface area contributed by atoms with E-state index in [4.69, 9.17) is 33.3 Å². The summed E-state index contributed by atoms with van der Waals surface area (Å²) in [5.74, 6) is 1.56. The summed E-state index contributed by atoms with van der Waals surface area (Å²) in [6.45, 7) is 2.77. The summed E-state index contributed by atoms with van der Waals surface area (Å²) >= 11 is 14.9. The molecule has 0 bridgehead atoms. The molecule has 10 heteroatoms. The van der Waals surface area contributed by atoms with Crippen molar-refractivity contribution in [1.29, 1.82) is 0 Å². The summed E-state index contributed by atoms with van der Waals surface area (Å²) in [7, 11) is 1.57. The Morgan fingerprint density at radius 3 is 2.83 bits per heavy atom. The lowest BCUT2D eigenvalue weighted by molar-refractivity contribution is 0.282. The first-order valence-corrected chi connectivity index (χ1v) is 10.8. The first-order chi connectivity index (χ1) is 14.4. The van der Waals surface area contributed by atoms with Crippen LogP contribution >= 0.6 is 39.7 Å². The average molecular weight is 516 g/mol. The Bertz CT molecular complexity index is 1090. The van der Waals surface area contributed by atoms with Gasteiger partial charge in [0.25, 0.3) is 0 Å². The lowest BCUT2D eigenvalue weighted by Gasteiger charge is -2.16. The van der Waals surface area contributed by atoms with Crippen LogP contribution in [0.5, 0.6) is 11.5 Å². The minimum Gasteiger partial charge on any atom is -0.493 e. The van der Waals surface area contributed by atoms with E-state index in [1.807, 2.05) is 12.1 Å². The molecule has 0 aliphatic carbocycles. The van der Waals surface area contributed by atoms with Crippen LogP contribution in [0.3, 0.4) is 0 Å². The molecule has 3 rings (SSSR count). The maximum absolute atomic E-state index is 13.2. The van der Waals surface area contributed by atoms with Crippen molar-refractivity contribution in [3.8, 4) is 11.5 Å². The molecule has 3 aromatic rings. The number of ether oxygens (including phenoxy) is 2. The molecule has 1 aromatic heterocycles. The van der Waals surface area contributed by atoms with Crippen molar-refractivity contribution < 1.29 is 13.9 Å². The summed E-state index contributed by atoms with van der Waals surface area (Å²) in [6, 6.07) is 8.01. The molecule has 30 heavy (non-hydrogen) atoms. The monoisotopic (exact) mass is 514 g/mol. The first-order valence-electron chi connectivity index (χ1n) is 9.26. The van der Waals surface area contributed by atoms with E-state index < -0.39 is 0 Å². The second kappa shape index (κ2) is 10.3. The third kappa shape index (κ3) is 5.33. The number of H-pyrrole nitrogens is 1. The number of aryl methyl sites for hydroxylation is 1. The van der Waals surface area contributed by atoms with Crippen LogP contribution < -0.4 is 14.9 Å². The zero-order valence-corrected chi connectivity index (χ0v) is 19.6. The van der Waals surface area contributed by atoms with Gasteiger partial charge in [0, 0.05) is 12.0 Å². The van der Waals surface area contributed by atoms with Crippen molar-refractivity contribution in [2.24, 2.45) is 0 Å². The maximum atomic E-state index is 13.2. The van der Waals surface area contributed by atoms with E-state index in [9.17, 15) is 4.39 Å². The molecule has 0 saturated carbocycles. The van der Waals surface area contributed by atoms with Gasteiger partial charge in [0.1, 0.15) is 12.4 Å². The van der Waals surface area contributed by atoms with Crippen LogP contribution in [0.1, 0.15) is 30.3 Å². The zero-order valence-electron chi connectivity index (χ0n) is 16.5. The Kier molecular flexibility index (Phi) is 7.74. The van der Waals surface area contributed by atoms with Gasteiger partial charge in [-0.15, -0.1) is 0 Å². The van der Waals surface area contributed by atoms with E-state index in [0.29, 0.717) is 33.4 Å². The van der Waals surface area contributed by atoms with Gasteiger partial charge >= 0.3 is 0 Å². The number of benzene rings is 2. The fourth-order valence-corrected chi connectivity index (χ4v) is 3.90. The molecule has 0 spiro atoms. The molecule has 0 saturated heterocycles. The zero-order chi connectivity index (χ0) is 21.7. The van der Waals surface area contributed by atoms with Gasteiger partial charge in [0.15, 0.2) is 17.3 Å². The highest BCUT2D eigenvalue weighted by molar-refractivity contribution is 9.10. The maximum Gasteiger partial charge on any atom is 0.214 e. The number of nitrogens with zero attached hydrogens (tertiary/aromatic N) is 2. The average Bonchev–Trinajstić information content (AvgIpc) is 3.06. The predicted octanol–water partition coefficient (Wildman–Crippen LogP) is 5.78. The van der Waals surface area contributed by atoms with Crippen LogP contribution in [0.25, 0.3) is 0 Å². The number of nitrogens with one attached hydrogen (secondary N) is 2. The molecule has 2 aromatic carbocycles. The van der Waals surface area contributed by atoms with E-state index in [1.165, 1.54) is 12.1 Å². The van der Waals surface area contributed by atoms with E-state index in [0.717, 1.165) is 28.7 Å². The van der Waals surface area contributed by atoms with Crippen LogP contribution in [-0.2, 0) is 19.6 Å². The first kappa shape index (κ1) is 22.6. The Morgan fingerprint density at radius 1 is 1.33 bits per heavy atom. The van der Waals surface area contributed by atoms with Crippen LogP contribution in [0, 0.1) is 10.6 Å². The van der Waals surface area contributed by atoms with Crippen LogP contribution in [-0.4, -0.2) is 22.0 Å². The predicted molar refractivity (Wildman–Crippen MR) is 121 cm³/mol. The number of aromatic amines is 1. The van der Waals surface area contributed by atoms with Crippen molar-refractivity contribution in [3.63, 3.8) is 0 Å². The Labute approximate surface area is 192 Å². The summed E-state index contributed by atoms with van der Waals surface area (Å²) < 4.78 is 27.7. The van der Waals surface area contributed by atoms with Gasteiger partial charge < -0.3 is 14.9 Å². The molecule has 0 atom stereocenters. The number of aromatic nitrogens is 3. The molecule has 0 aliphatic rings. The highest BCUT2D eigenvalue weighted by atomic mass is 79.9. The van der Waals surface area contributed by atoms with Gasteiger partial charge in [-0.2, -0.15) is 5.10 Å². The topological polar surface area (TPSA) is 64.1 Å². The fourth-order valence-electron chi connectivity index (χ4n) is 2.86. The largest absolute Gasteiger partial charge is 0.493 e. The molecule has 0 radical (unpaired) electrons. The van der Waals surface area contributed by atoms with E-state index in [1.54, 1.807) is 17.9 Å². The van der Waals surface area contributed by atoms with Gasteiger partial charge in [0.05, 0.1) is 23.1 Å².